The van der Waals surface area contributed by atoms with Crippen LogP contribution in [0, 0.1) is 5.92 Å². The summed E-state index contributed by atoms with van der Waals surface area (Å²) in [7, 11) is 0. The van der Waals surface area contributed by atoms with Gasteiger partial charge in [0.15, 0.2) is 6.61 Å². The summed E-state index contributed by atoms with van der Waals surface area (Å²) >= 11 is 0. The molecule has 0 bridgehead atoms. The van der Waals surface area contributed by atoms with Crippen molar-refractivity contribution in [2.24, 2.45) is 5.92 Å². The predicted octanol–water partition coefficient (Wildman–Crippen LogP) is 3.31. The number of benzene rings is 1. The highest BCUT2D eigenvalue weighted by Crippen LogP contribution is 2.27. The number of carbonyl (C=O) groups is 3. The van der Waals surface area contributed by atoms with Crippen LogP contribution in [0.25, 0.3) is 0 Å². The average molecular weight is 347 g/mol. The third-order valence-electron chi connectivity index (χ3n) is 4.04. The van der Waals surface area contributed by atoms with Gasteiger partial charge in [0.05, 0.1) is 11.7 Å². The van der Waals surface area contributed by atoms with Crippen molar-refractivity contribution in [1.82, 2.24) is 0 Å². The Bertz CT molecular complexity index is 603. The van der Waals surface area contributed by atoms with Gasteiger partial charge in [-0.05, 0) is 56.9 Å². The molecule has 25 heavy (non-hydrogen) atoms. The number of hydrogen-bond acceptors (Lipinski definition) is 5. The van der Waals surface area contributed by atoms with Crippen molar-refractivity contribution in [3.8, 4) is 0 Å². The van der Waals surface area contributed by atoms with Gasteiger partial charge in [0.1, 0.15) is 0 Å². The van der Waals surface area contributed by atoms with Gasteiger partial charge in [-0.1, -0.05) is 12.8 Å². The lowest BCUT2D eigenvalue weighted by Crippen LogP contribution is -2.21. The van der Waals surface area contributed by atoms with Crippen LogP contribution in [0.1, 0.15) is 56.3 Å². The van der Waals surface area contributed by atoms with Crippen LogP contribution in [-0.2, 0) is 19.1 Å². The number of hydrogen-bond donors (Lipinski definition) is 1. The summed E-state index contributed by atoms with van der Waals surface area (Å²) in [5, 5.41) is 2.63. The van der Waals surface area contributed by atoms with E-state index in [1.54, 1.807) is 38.1 Å². The predicted molar refractivity (Wildman–Crippen MR) is 93.2 cm³/mol. The van der Waals surface area contributed by atoms with Crippen molar-refractivity contribution >= 4 is 23.5 Å². The first-order chi connectivity index (χ1) is 11.9. The van der Waals surface area contributed by atoms with E-state index >= 15 is 0 Å². The molecule has 1 aromatic rings. The molecule has 0 spiro atoms. The summed E-state index contributed by atoms with van der Waals surface area (Å²) in [6.45, 7) is 3.25. The molecule has 6 heteroatoms. The Morgan fingerprint density at radius 1 is 1.12 bits per heavy atom. The van der Waals surface area contributed by atoms with Gasteiger partial charge in [-0.2, -0.15) is 0 Å². The van der Waals surface area contributed by atoms with E-state index in [0.717, 1.165) is 12.8 Å². The Morgan fingerprint density at radius 3 is 2.36 bits per heavy atom. The molecular weight excluding hydrogens is 322 g/mol. The minimum atomic E-state index is -0.409. The molecule has 0 atom stereocenters. The van der Waals surface area contributed by atoms with Crippen LogP contribution in [0.5, 0.6) is 0 Å². The molecule has 136 valence electrons. The van der Waals surface area contributed by atoms with Gasteiger partial charge in [-0.25, -0.2) is 4.79 Å². The Hall–Kier alpha value is -2.37. The van der Waals surface area contributed by atoms with Crippen LogP contribution in [-0.4, -0.2) is 30.6 Å². The van der Waals surface area contributed by atoms with Gasteiger partial charge in [0.25, 0.3) is 5.91 Å². The van der Waals surface area contributed by atoms with Crippen LogP contribution in [0.2, 0.25) is 0 Å². The lowest BCUT2D eigenvalue weighted by molar-refractivity contribution is -0.148. The molecule has 1 saturated carbocycles. The molecular formula is C19H25NO5. The molecule has 0 aromatic heterocycles. The Labute approximate surface area is 147 Å². The Balaban J connectivity index is 1.74. The summed E-state index contributed by atoms with van der Waals surface area (Å²) in [6, 6.07) is 6.36. The van der Waals surface area contributed by atoms with Crippen molar-refractivity contribution in [2.75, 3.05) is 11.9 Å². The fraction of sp³-hybridized carbons (Fsp3) is 0.526. The second kappa shape index (κ2) is 9.20. The van der Waals surface area contributed by atoms with E-state index in [1.807, 2.05) is 0 Å². The number of anilines is 1. The normalized spacial score (nSPS) is 14.4. The monoisotopic (exact) mass is 347 g/mol. The molecule has 0 heterocycles. The lowest BCUT2D eigenvalue weighted by atomic mass is 10.1. The molecule has 6 nitrogen and oxygen atoms in total. The fourth-order valence-corrected chi connectivity index (χ4v) is 2.82. The first-order valence-corrected chi connectivity index (χ1v) is 8.70. The third kappa shape index (κ3) is 6.57. The standard InChI is InChI=1S/C19H25NO5/c1-13(2)25-19(23)15-7-9-16(10-8-15)20-17(21)12-24-18(22)11-14-5-3-4-6-14/h7-10,13-14H,3-6,11-12H2,1-2H3,(H,20,21). The second-order valence-electron chi connectivity index (χ2n) is 6.59. The molecule has 1 amide bonds. The lowest BCUT2D eigenvalue weighted by Gasteiger charge is -2.10. The van der Waals surface area contributed by atoms with Gasteiger partial charge < -0.3 is 14.8 Å². The van der Waals surface area contributed by atoms with E-state index in [4.69, 9.17) is 9.47 Å². The van der Waals surface area contributed by atoms with Crippen LogP contribution < -0.4 is 5.32 Å². The molecule has 2 rings (SSSR count). The molecule has 0 radical (unpaired) electrons. The Kier molecular flexibility index (Phi) is 6.98. The molecule has 0 aliphatic heterocycles. The van der Waals surface area contributed by atoms with Crippen LogP contribution in [0.15, 0.2) is 24.3 Å². The zero-order chi connectivity index (χ0) is 18.2. The number of nitrogens with one attached hydrogen (secondary N) is 1. The molecule has 1 aromatic carbocycles. The van der Waals surface area contributed by atoms with Crippen molar-refractivity contribution in [3.63, 3.8) is 0 Å². The van der Waals surface area contributed by atoms with E-state index in [1.165, 1.54) is 12.8 Å². The molecule has 1 fully saturated rings. The molecule has 1 aliphatic carbocycles. The highest BCUT2D eigenvalue weighted by molar-refractivity contribution is 5.94. The zero-order valence-corrected chi connectivity index (χ0v) is 14.7. The maximum Gasteiger partial charge on any atom is 0.338 e. The summed E-state index contributed by atoms with van der Waals surface area (Å²) in [5.74, 6) is -0.742. The molecule has 0 saturated heterocycles. The summed E-state index contributed by atoms with van der Waals surface area (Å²) in [5.41, 5.74) is 0.938. The third-order valence-corrected chi connectivity index (χ3v) is 4.04. The SMILES string of the molecule is CC(C)OC(=O)c1ccc(NC(=O)COC(=O)CC2CCCC2)cc1. The van der Waals surface area contributed by atoms with Crippen molar-refractivity contribution in [2.45, 2.75) is 52.1 Å². The maximum atomic E-state index is 11.8. The zero-order valence-electron chi connectivity index (χ0n) is 14.7. The molecule has 0 unspecified atom stereocenters. The van der Waals surface area contributed by atoms with E-state index in [0.29, 0.717) is 23.6 Å². The minimum absolute atomic E-state index is 0.189. The van der Waals surface area contributed by atoms with Crippen LogP contribution in [0.4, 0.5) is 5.69 Å². The van der Waals surface area contributed by atoms with Crippen molar-refractivity contribution in [3.05, 3.63) is 29.8 Å². The van der Waals surface area contributed by atoms with E-state index < -0.39 is 11.9 Å². The van der Waals surface area contributed by atoms with E-state index in [-0.39, 0.29) is 18.7 Å². The number of rotatable bonds is 7. The van der Waals surface area contributed by atoms with Gasteiger partial charge in [0, 0.05) is 12.1 Å². The van der Waals surface area contributed by atoms with Gasteiger partial charge in [0.2, 0.25) is 0 Å². The number of esters is 2. The molecule has 1 N–H and O–H groups in total. The van der Waals surface area contributed by atoms with E-state index in [9.17, 15) is 14.4 Å². The quantitative estimate of drug-likeness (QED) is 0.765. The second-order valence-corrected chi connectivity index (χ2v) is 6.59. The first kappa shape index (κ1) is 19.0. The van der Waals surface area contributed by atoms with Crippen LogP contribution >= 0.6 is 0 Å². The molecule has 1 aliphatic rings. The minimum Gasteiger partial charge on any atom is -0.459 e. The first-order valence-electron chi connectivity index (χ1n) is 8.70. The highest BCUT2D eigenvalue weighted by Gasteiger charge is 2.19. The van der Waals surface area contributed by atoms with Crippen molar-refractivity contribution < 1.29 is 23.9 Å². The fourth-order valence-electron chi connectivity index (χ4n) is 2.82. The highest BCUT2D eigenvalue weighted by atomic mass is 16.5. The summed E-state index contributed by atoms with van der Waals surface area (Å²) < 4.78 is 10.1. The maximum absolute atomic E-state index is 11.8. The van der Waals surface area contributed by atoms with E-state index in [2.05, 4.69) is 5.32 Å². The number of amides is 1. The summed E-state index contributed by atoms with van der Waals surface area (Å²) in [6.07, 6.45) is 4.66. The summed E-state index contributed by atoms with van der Waals surface area (Å²) in [4.78, 5) is 35.3. The Morgan fingerprint density at radius 2 is 1.76 bits per heavy atom. The van der Waals surface area contributed by atoms with Crippen LogP contribution in [0.3, 0.4) is 0 Å². The van der Waals surface area contributed by atoms with Gasteiger partial charge in [-0.15, -0.1) is 0 Å². The number of ether oxygens (including phenoxy) is 2. The average Bonchev–Trinajstić information content (AvgIpc) is 3.06. The topological polar surface area (TPSA) is 81.7 Å². The van der Waals surface area contributed by atoms with Gasteiger partial charge >= 0.3 is 11.9 Å². The smallest absolute Gasteiger partial charge is 0.338 e. The van der Waals surface area contributed by atoms with Crippen molar-refractivity contribution in [1.29, 1.82) is 0 Å². The van der Waals surface area contributed by atoms with Gasteiger partial charge in [-0.3, -0.25) is 9.59 Å². The largest absolute Gasteiger partial charge is 0.459 e. The number of carbonyl (C=O) groups excluding carboxylic acids is 3.